The molecule has 1 amide bonds. The van der Waals surface area contributed by atoms with Crippen LogP contribution in [0.25, 0.3) is 0 Å². The van der Waals surface area contributed by atoms with Gasteiger partial charge in [0.1, 0.15) is 11.0 Å². The molecule has 3 N–H and O–H groups in total. The molecular weight excluding hydrogens is 648 g/mol. The zero-order valence-electron chi connectivity index (χ0n) is 29.4. The summed E-state index contributed by atoms with van der Waals surface area (Å²) >= 11 is 6.27. The van der Waals surface area contributed by atoms with Crippen molar-refractivity contribution in [3.8, 4) is 0 Å². The van der Waals surface area contributed by atoms with Crippen molar-refractivity contribution in [1.29, 1.82) is 0 Å². The van der Waals surface area contributed by atoms with Crippen molar-refractivity contribution in [1.82, 2.24) is 19.7 Å². The van der Waals surface area contributed by atoms with Crippen LogP contribution in [0.5, 0.6) is 0 Å². The minimum Gasteiger partial charge on any atom is -0.414 e. The minimum absolute atomic E-state index is 0.0213. The van der Waals surface area contributed by atoms with Crippen molar-refractivity contribution >= 4 is 55.8 Å². The average molecular weight is 701 g/mol. The first-order chi connectivity index (χ1) is 20.1. The van der Waals surface area contributed by atoms with E-state index in [1.165, 1.54) is 24.4 Å². The monoisotopic (exact) mass is 700 g/mol. The number of hydrogen-bond donors (Lipinski definition) is 3. The largest absolute Gasteiger partial charge is 0.414 e. The second kappa shape index (κ2) is 13.7. The third-order valence-corrected chi connectivity index (χ3v) is 19.0. The van der Waals surface area contributed by atoms with E-state index < -0.39 is 43.6 Å². The predicted molar refractivity (Wildman–Crippen MR) is 188 cm³/mol. The maximum absolute atomic E-state index is 13.6. The first kappa shape index (κ1) is 39.2. The summed E-state index contributed by atoms with van der Waals surface area (Å²) < 4.78 is 41.5. The van der Waals surface area contributed by atoms with Gasteiger partial charge in [0.15, 0.2) is 33.2 Å². The van der Waals surface area contributed by atoms with E-state index in [2.05, 4.69) is 98.0 Å². The third-order valence-electron chi connectivity index (χ3n) is 8.17. The molecule has 0 aromatic carbocycles. The van der Waals surface area contributed by atoms with Crippen molar-refractivity contribution in [2.75, 3.05) is 23.8 Å². The van der Waals surface area contributed by atoms with Gasteiger partial charge in [0.25, 0.3) is 15.9 Å². The van der Waals surface area contributed by atoms with E-state index in [0.29, 0.717) is 0 Å². The quantitative estimate of drug-likeness (QED) is 0.198. The number of pyridine rings is 1. The Balaban J connectivity index is 2.46. The molecule has 45 heavy (non-hydrogen) atoms. The van der Waals surface area contributed by atoms with Crippen LogP contribution in [-0.4, -0.2) is 70.2 Å². The van der Waals surface area contributed by atoms with Crippen molar-refractivity contribution in [3.63, 3.8) is 0 Å². The molecule has 0 aliphatic carbocycles. The molecule has 0 unspecified atom stereocenters. The van der Waals surface area contributed by atoms with E-state index in [9.17, 15) is 13.2 Å². The Hall–Kier alpha value is -1.95. The summed E-state index contributed by atoms with van der Waals surface area (Å²) in [5.41, 5.74) is -1.58. The predicted octanol–water partition coefficient (Wildman–Crippen LogP) is 7.07. The average Bonchev–Trinajstić information content (AvgIpc) is 2.84. The lowest BCUT2D eigenvalue weighted by Gasteiger charge is -2.43. The van der Waals surface area contributed by atoms with Gasteiger partial charge >= 0.3 is 0 Å². The fourth-order valence-corrected chi connectivity index (χ4v) is 7.14. The number of nitrogens with one attached hydrogen (secondary N) is 3. The summed E-state index contributed by atoms with van der Waals surface area (Å²) in [6.07, 6.45) is 1.28. The maximum atomic E-state index is 13.6. The summed E-state index contributed by atoms with van der Waals surface area (Å²) in [7, 11) is -8.26. The topological polar surface area (TPSA) is 144 Å². The molecule has 15 heteroatoms. The Morgan fingerprint density at radius 1 is 0.867 bits per heavy atom. The molecule has 0 saturated heterocycles. The van der Waals surface area contributed by atoms with Gasteiger partial charge in [-0.05, 0) is 76.1 Å². The van der Waals surface area contributed by atoms with E-state index in [4.69, 9.17) is 20.5 Å². The van der Waals surface area contributed by atoms with Gasteiger partial charge in [-0.1, -0.05) is 59.2 Å². The number of anilines is 2. The summed E-state index contributed by atoms with van der Waals surface area (Å²) in [5, 5.41) is 5.86. The number of rotatable bonds is 12. The molecule has 254 valence electrons. The van der Waals surface area contributed by atoms with Crippen LogP contribution >= 0.6 is 11.6 Å². The van der Waals surface area contributed by atoms with Crippen LogP contribution in [0.1, 0.15) is 79.7 Å². The van der Waals surface area contributed by atoms with Crippen LogP contribution in [0.2, 0.25) is 41.4 Å². The molecule has 2 rings (SSSR count). The number of aromatic nitrogens is 3. The zero-order valence-corrected chi connectivity index (χ0v) is 33.0. The Morgan fingerprint density at radius 3 is 1.84 bits per heavy atom. The molecule has 0 saturated carbocycles. The second-order valence-electron chi connectivity index (χ2n) is 15.8. The van der Waals surface area contributed by atoms with Crippen LogP contribution in [-0.2, 0) is 18.9 Å². The normalized spacial score (nSPS) is 13.9. The van der Waals surface area contributed by atoms with E-state index in [1.54, 1.807) is 20.8 Å². The van der Waals surface area contributed by atoms with Gasteiger partial charge in [-0.3, -0.25) is 4.79 Å². The Bertz CT molecular complexity index is 1440. The van der Waals surface area contributed by atoms with Crippen LogP contribution < -0.4 is 15.4 Å². The highest BCUT2D eigenvalue weighted by Crippen LogP contribution is 2.39. The first-order valence-electron chi connectivity index (χ1n) is 15.0. The fourth-order valence-electron chi connectivity index (χ4n) is 3.40. The van der Waals surface area contributed by atoms with Gasteiger partial charge in [-0.2, -0.15) is 0 Å². The second-order valence-corrected chi connectivity index (χ2v) is 27.5. The molecule has 0 aliphatic heterocycles. The summed E-state index contributed by atoms with van der Waals surface area (Å²) in [4.78, 5) is 26.4. The molecule has 0 atom stereocenters. The molecule has 0 bridgehead atoms. The summed E-state index contributed by atoms with van der Waals surface area (Å²) in [6, 6.07) is 4.35. The number of amides is 1. The highest BCUT2D eigenvalue weighted by molar-refractivity contribution is 7.89. The summed E-state index contributed by atoms with van der Waals surface area (Å²) in [5.74, 6) is -0.478. The highest BCUT2D eigenvalue weighted by Gasteiger charge is 2.42. The smallest absolute Gasteiger partial charge is 0.279 e. The SMILES string of the molecule is CC(C)(C)NS(=O)(=O)c1cccc(NC(=O)c2ncc(Cl)nc2NC(C)(CO[Si](C)(C)C(C)(C)C)CO[Si](C)(C)C(C)(C)C)n1. The number of nitrogens with zero attached hydrogens (tertiary/aromatic N) is 3. The molecule has 0 radical (unpaired) electrons. The lowest BCUT2D eigenvalue weighted by Crippen LogP contribution is -2.53. The molecule has 2 aromatic rings. The van der Waals surface area contributed by atoms with Crippen molar-refractivity contribution in [2.45, 2.75) is 122 Å². The fraction of sp³-hybridized carbons (Fsp3) is 0.667. The molecular formula is C30H53ClN6O5SSi2. The number of carbonyl (C=O) groups excluding carboxylic acids is 1. The lowest BCUT2D eigenvalue weighted by atomic mass is 10.1. The number of hydrogen-bond acceptors (Lipinski definition) is 9. The van der Waals surface area contributed by atoms with Crippen molar-refractivity contribution in [2.24, 2.45) is 0 Å². The Kier molecular flexibility index (Phi) is 11.9. The molecule has 0 spiro atoms. The van der Waals surface area contributed by atoms with Crippen LogP contribution in [0.15, 0.2) is 29.4 Å². The third kappa shape index (κ3) is 11.1. The lowest BCUT2D eigenvalue weighted by molar-refractivity contribution is 0.102. The van der Waals surface area contributed by atoms with E-state index in [0.717, 1.165) is 0 Å². The van der Waals surface area contributed by atoms with E-state index in [1.807, 2.05) is 6.92 Å². The number of carbonyl (C=O) groups is 1. The van der Waals surface area contributed by atoms with Gasteiger partial charge in [0, 0.05) is 5.54 Å². The minimum atomic E-state index is -3.93. The zero-order chi connectivity index (χ0) is 34.9. The van der Waals surface area contributed by atoms with Crippen LogP contribution in [0.4, 0.5) is 11.6 Å². The maximum Gasteiger partial charge on any atom is 0.279 e. The van der Waals surface area contributed by atoms with Crippen LogP contribution in [0.3, 0.4) is 0 Å². The Labute approximate surface area is 277 Å². The summed E-state index contributed by atoms with van der Waals surface area (Å²) in [6.45, 7) is 29.5. The Morgan fingerprint density at radius 2 is 1.38 bits per heavy atom. The first-order valence-corrected chi connectivity index (χ1v) is 22.7. The van der Waals surface area contributed by atoms with Gasteiger partial charge < -0.3 is 19.5 Å². The van der Waals surface area contributed by atoms with E-state index in [-0.39, 0.29) is 50.8 Å². The number of halogens is 1. The number of sulfonamides is 1. The molecule has 2 heterocycles. The van der Waals surface area contributed by atoms with Gasteiger partial charge in [0.05, 0.1) is 24.9 Å². The molecule has 11 nitrogen and oxygen atoms in total. The van der Waals surface area contributed by atoms with Crippen LogP contribution in [0, 0.1) is 0 Å². The molecule has 2 aromatic heterocycles. The van der Waals surface area contributed by atoms with Gasteiger partial charge in [0.2, 0.25) is 0 Å². The van der Waals surface area contributed by atoms with Crippen molar-refractivity contribution < 1.29 is 22.1 Å². The van der Waals surface area contributed by atoms with E-state index >= 15 is 0 Å². The van der Waals surface area contributed by atoms with Gasteiger partial charge in [-0.25, -0.2) is 28.1 Å². The van der Waals surface area contributed by atoms with Gasteiger partial charge in [-0.15, -0.1) is 0 Å². The standard InChI is InChI=1S/C30H53ClN6O5SSi2/c1-27(2,3)37-43(39,40)23-17-15-16-22(34-23)35-26(38)24-25(33-21(31)18-32-24)36-30(10,19-41-44(11,12)28(4,5)6)20-42-45(13,14)29(7,8)9/h15-18,37H,19-20H2,1-14H3,(H,33,36)(H,34,35,38). The molecule has 0 fully saturated rings. The highest BCUT2D eigenvalue weighted by atomic mass is 35.5. The molecule has 0 aliphatic rings. The van der Waals surface area contributed by atoms with Crippen molar-refractivity contribution in [3.05, 3.63) is 35.2 Å².